The summed E-state index contributed by atoms with van der Waals surface area (Å²) in [5, 5.41) is 11.3. The predicted octanol–water partition coefficient (Wildman–Crippen LogP) is 5.11. The zero-order valence-electron chi connectivity index (χ0n) is 20.0. The van der Waals surface area contributed by atoms with E-state index in [-0.39, 0.29) is 11.4 Å². The third-order valence-corrected chi connectivity index (χ3v) is 7.18. The molecule has 0 spiro atoms. The van der Waals surface area contributed by atoms with Crippen LogP contribution in [0.2, 0.25) is 5.02 Å². The Labute approximate surface area is 212 Å². The van der Waals surface area contributed by atoms with Crippen molar-refractivity contribution < 1.29 is 22.8 Å². The van der Waals surface area contributed by atoms with Crippen LogP contribution >= 0.6 is 11.6 Å². The molecule has 8 nitrogen and oxygen atoms in total. The second-order valence-corrected chi connectivity index (χ2v) is 9.61. The van der Waals surface area contributed by atoms with Gasteiger partial charge in [0.2, 0.25) is 0 Å². The molecule has 196 valence electrons. The van der Waals surface area contributed by atoms with Crippen molar-refractivity contribution in [1.82, 2.24) is 14.8 Å². The number of nitrogens with zero attached hydrogens (tertiary/aromatic N) is 5. The van der Waals surface area contributed by atoms with E-state index in [2.05, 4.69) is 31.3 Å². The number of anilines is 1. The van der Waals surface area contributed by atoms with Crippen LogP contribution in [0.1, 0.15) is 31.7 Å². The quantitative estimate of drug-likeness (QED) is 0.366. The third kappa shape index (κ3) is 6.57. The van der Waals surface area contributed by atoms with Gasteiger partial charge in [0.05, 0.1) is 9.95 Å². The minimum absolute atomic E-state index is 0.119. The number of piperazine rings is 1. The van der Waals surface area contributed by atoms with Crippen LogP contribution in [0.4, 0.5) is 24.7 Å². The number of hydrogen-bond donors (Lipinski definition) is 0. The van der Waals surface area contributed by atoms with Crippen molar-refractivity contribution in [2.75, 3.05) is 37.6 Å². The standard InChI is InChI=1S/C24H29ClF3N5O3/c1-2-18-16-31(23-22(25)13-20(14-29-23)33(34)35)11-12-32(18)19-7-9-30(10-8-19)15-17-3-5-21(6-4-17)36-24(26,27)28/h3-6,13-14,18-19H,2,7-12,15-16H2,1H3. The molecule has 1 aromatic carbocycles. The van der Waals surface area contributed by atoms with Crippen molar-refractivity contribution >= 4 is 23.1 Å². The Morgan fingerprint density at radius 2 is 1.86 bits per heavy atom. The highest BCUT2D eigenvalue weighted by Gasteiger charge is 2.34. The maximum Gasteiger partial charge on any atom is 0.573 e. The number of nitro groups is 1. The van der Waals surface area contributed by atoms with Gasteiger partial charge in [-0.25, -0.2) is 4.98 Å². The molecule has 12 heteroatoms. The summed E-state index contributed by atoms with van der Waals surface area (Å²) in [5.41, 5.74) is 0.835. The molecular formula is C24H29ClF3N5O3. The van der Waals surface area contributed by atoms with Crippen molar-refractivity contribution in [3.63, 3.8) is 0 Å². The minimum atomic E-state index is -4.68. The molecule has 2 fully saturated rings. The van der Waals surface area contributed by atoms with Gasteiger partial charge < -0.3 is 9.64 Å². The van der Waals surface area contributed by atoms with Gasteiger partial charge >= 0.3 is 6.36 Å². The molecular weight excluding hydrogens is 499 g/mol. The Morgan fingerprint density at radius 3 is 2.44 bits per heavy atom. The molecule has 0 N–H and O–H groups in total. The molecule has 0 aliphatic carbocycles. The lowest BCUT2D eigenvalue weighted by Gasteiger charge is -2.47. The van der Waals surface area contributed by atoms with Gasteiger partial charge in [0.1, 0.15) is 17.8 Å². The lowest BCUT2D eigenvalue weighted by Crippen LogP contribution is -2.58. The summed E-state index contributed by atoms with van der Waals surface area (Å²) in [7, 11) is 0. The highest BCUT2D eigenvalue weighted by Crippen LogP contribution is 2.31. The molecule has 0 bridgehead atoms. The van der Waals surface area contributed by atoms with Crippen molar-refractivity contribution in [2.24, 2.45) is 0 Å². The molecule has 3 heterocycles. The molecule has 1 unspecified atom stereocenters. The number of halogens is 4. The highest BCUT2D eigenvalue weighted by molar-refractivity contribution is 6.33. The summed E-state index contributed by atoms with van der Waals surface area (Å²) in [4.78, 5) is 21.7. The van der Waals surface area contributed by atoms with E-state index >= 15 is 0 Å². The SMILES string of the molecule is CCC1CN(c2ncc([N+](=O)[O-])cc2Cl)CCN1C1CCN(Cc2ccc(OC(F)(F)F)cc2)CC1. The summed E-state index contributed by atoms with van der Waals surface area (Å²) in [5.74, 6) is 0.377. The fourth-order valence-corrected chi connectivity index (χ4v) is 5.40. The number of alkyl halides is 3. The van der Waals surface area contributed by atoms with Crippen molar-refractivity contribution in [1.29, 1.82) is 0 Å². The van der Waals surface area contributed by atoms with Crippen LogP contribution < -0.4 is 9.64 Å². The first kappa shape index (κ1) is 26.4. The van der Waals surface area contributed by atoms with E-state index in [1.54, 1.807) is 12.1 Å². The summed E-state index contributed by atoms with van der Waals surface area (Å²) in [6, 6.07) is 8.19. The van der Waals surface area contributed by atoms with Crippen LogP contribution in [-0.2, 0) is 6.54 Å². The lowest BCUT2D eigenvalue weighted by atomic mass is 9.98. The average Bonchev–Trinajstić information content (AvgIpc) is 2.84. The smallest absolute Gasteiger partial charge is 0.406 e. The summed E-state index contributed by atoms with van der Waals surface area (Å²) < 4.78 is 41.0. The van der Waals surface area contributed by atoms with E-state index in [0.717, 1.165) is 57.5 Å². The first-order chi connectivity index (χ1) is 17.1. The molecule has 2 aliphatic heterocycles. The number of likely N-dealkylation sites (tertiary alicyclic amines) is 1. The zero-order valence-corrected chi connectivity index (χ0v) is 20.7. The van der Waals surface area contributed by atoms with Gasteiger partial charge in [-0.1, -0.05) is 30.7 Å². The largest absolute Gasteiger partial charge is 0.573 e. The van der Waals surface area contributed by atoms with Crippen LogP contribution in [0.15, 0.2) is 36.5 Å². The maximum absolute atomic E-state index is 12.4. The van der Waals surface area contributed by atoms with E-state index in [4.69, 9.17) is 11.6 Å². The molecule has 0 saturated carbocycles. The van der Waals surface area contributed by atoms with E-state index in [1.165, 1.54) is 24.4 Å². The Balaban J connectivity index is 1.30. The zero-order chi connectivity index (χ0) is 25.9. The second kappa shape index (κ2) is 11.2. The Bertz CT molecular complexity index is 1050. The fraction of sp³-hybridized carbons (Fsp3) is 0.542. The van der Waals surface area contributed by atoms with Gasteiger partial charge in [-0.3, -0.25) is 19.9 Å². The Kier molecular flexibility index (Phi) is 8.21. The molecule has 0 radical (unpaired) electrons. The molecule has 36 heavy (non-hydrogen) atoms. The van der Waals surface area contributed by atoms with Gasteiger partial charge in [-0.15, -0.1) is 13.2 Å². The topological polar surface area (TPSA) is 75.0 Å². The number of aromatic nitrogens is 1. The summed E-state index contributed by atoms with van der Waals surface area (Å²) in [6.07, 6.45) is -0.435. The predicted molar refractivity (Wildman–Crippen MR) is 130 cm³/mol. The highest BCUT2D eigenvalue weighted by atomic mass is 35.5. The summed E-state index contributed by atoms with van der Waals surface area (Å²) in [6.45, 7) is 7.04. The lowest BCUT2D eigenvalue weighted by molar-refractivity contribution is -0.385. The van der Waals surface area contributed by atoms with Gasteiger partial charge in [-0.2, -0.15) is 0 Å². The number of hydrogen-bond acceptors (Lipinski definition) is 7. The molecule has 1 atom stereocenters. The van der Waals surface area contributed by atoms with Crippen LogP contribution in [-0.4, -0.2) is 70.9 Å². The van der Waals surface area contributed by atoms with E-state index in [0.29, 0.717) is 29.5 Å². The van der Waals surface area contributed by atoms with Gasteiger partial charge in [0, 0.05) is 44.3 Å². The molecule has 2 aliphatic rings. The number of piperidine rings is 1. The van der Waals surface area contributed by atoms with E-state index in [1.807, 2.05) is 0 Å². The fourth-order valence-electron chi connectivity index (χ4n) is 5.12. The van der Waals surface area contributed by atoms with Crippen LogP contribution in [0.25, 0.3) is 0 Å². The molecule has 2 saturated heterocycles. The van der Waals surface area contributed by atoms with Crippen LogP contribution in [0.5, 0.6) is 5.75 Å². The summed E-state index contributed by atoms with van der Waals surface area (Å²) >= 11 is 6.32. The van der Waals surface area contributed by atoms with Gasteiger partial charge in [0.15, 0.2) is 0 Å². The number of rotatable bonds is 7. The van der Waals surface area contributed by atoms with Crippen molar-refractivity contribution in [2.45, 2.75) is 51.2 Å². The number of ether oxygens (including phenoxy) is 1. The van der Waals surface area contributed by atoms with Crippen LogP contribution in [0, 0.1) is 10.1 Å². The second-order valence-electron chi connectivity index (χ2n) is 9.20. The van der Waals surface area contributed by atoms with Crippen molar-refractivity contribution in [3.8, 4) is 5.75 Å². The molecule has 2 aromatic rings. The minimum Gasteiger partial charge on any atom is -0.406 e. The molecule has 4 rings (SSSR count). The first-order valence-electron chi connectivity index (χ1n) is 12.0. The molecule has 1 aromatic heterocycles. The number of benzene rings is 1. The van der Waals surface area contributed by atoms with E-state index in [9.17, 15) is 23.3 Å². The molecule has 0 amide bonds. The van der Waals surface area contributed by atoms with Crippen LogP contribution in [0.3, 0.4) is 0 Å². The van der Waals surface area contributed by atoms with E-state index < -0.39 is 11.3 Å². The Hall–Kier alpha value is -2.63. The average molecular weight is 528 g/mol. The Morgan fingerprint density at radius 1 is 1.17 bits per heavy atom. The van der Waals surface area contributed by atoms with Crippen molar-refractivity contribution in [3.05, 3.63) is 57.2 Å². The van der Waals surface area contributed by atoms with Gasteiger partial charge in [-0.05, 0) is 50.0 Å². The third-order valence-electron chi connectivity index (χ3n) is 6.91. The first-order valence-corrected chi connectivity index (χ1v) is 12.4. The number of pyridine rings is 1. The monoisotopic (exact) mass is 527 g/mol. The normalized spacial score (nSPS) is 20.5. The maximum atomic E-state index is 12.4. The van der Waals surface area contributed by atoms with Gasteiger partial charge in [0.25, 0.3) is 5.69 Å².